The van der Waals surface area contributed by atoms with Crippen molar-refractivity contribution in [3.63, 3.8) is 0 Å². The predicted molar refractivity (Wildman–Crippen MR) is 222 cm³/mol. The van der Waals surface area contributed by atoms with Gasteiger partial charge in [-0.1, -0.05) is 72.8 Å². The first-order chi connectivity index (χ1) is 26.9. The second-order valence-electron chi connectivity index (χ2n) is 10.6. The third kappa shape index (κ3) is 27.5. The molecule has 318 valence electrons. The summed E-state index contributed by atoms with van der Waals surface area (Å²) in [5.74, 6) is -1.74. The van der Waals surface area contributed by atoms with Gasteiger partial charge in [-0.25, -0.2) is 4.79 Å². The van der Waals surface area contributed by atoms with E-state index in [1.165, 1.54) is 33.5 Å². The molecule has 0 aliphatic heterocycles. The van der Waals surface area contributed by atoms with Gasteiger partial charge in [-0.05, 0) is 83.3 Å². The van der Waals surface area contributed by atoms with Crippen LogP contribution in [0.2, 0.25) is 0 Å². The minimum absolute atomic E-state index is 0.758. The molecule has 0 saturated carbocycles. The van der Waals surface area contributed by atoms with Gasteiger partial charge in [0.05, 0.1) is 56.5 Å². The van der Waals surface area contributed by atoms with Crippen molar-refractivity contribution in [1.29, 1.82) is 0 Å². The number of nitrogens with one attached hydrogen (secondary N) is 1. The van der Waals surface area contributed by atoms with Crippen LogP contribution in [0.3, 0.4) is 0 Å². The first-order valence-electron chi connectivity index (χ1n) is 16.1. The van der Waals surface area contributed by atoms with Gasteiger partial charge in [0.15, 0.2) is 0 Å². The number of esters is 1. The molecule has 0 heterocycles. The maximum atomic E-state index is 11.5. The second-order valence-corrected chi connectivity index (χ2v) is 17.3. The summed E-state index contributed by atoms with van der Waals surface area (Å²) in [6.07, 6.45) is 0.193. The molecular formula is C37H44Cl4F6NO6P2Ru+3. The number of benzene rings is 4. The van der Waals surface area contributed by atoms with Crippen LogP contribution in [-0.4, -0.2) is 91.6 Å². The Morgan fingerprint density at radius 1 is 0.684 bits per heavy atom. The van der Waals surface area contributed by atoms with Crippen LogP contribution in [0, 0.1) is 0 Å². The Hall–Kier alpha value is -1.92. The van der Waals surface area contributed by atoms with Gasteiger partial charge in [0.2, 0.25) is 6.29 Å². The fourth-order valence-corrected chi connectivity index (χ4v) is 9.49. The number of hydrogen-bond donors (Lipinski definition) is 3. The van der Waals surface area contributed by atoms with E-state index < -0.39 is 50.9 Å². The summed E-state index contributed by atoms with van der Waals surface area (Å²) in [5.41, 5.74) is 0. The molecule has 7 nitrogen and oxygen atoms in total. The van der Waals surface area contributed by atoms with Crippen LogP contribution in [-0.2, 0) is 36.4 Å². The SMILES string of the molecule is COC(=O)C(F)(F)Cl.COC(O)C(F)(F)Cl.OCC(F)(F)Cl.[CH-]=O.[Cl][RuH+2].c1ccc([PH+](CCNCC[PH+](c2ccccc2)c2ccccc2)c2ccccc2)cc1. The molecule has 1 atom stereocenters. The summed E-state index contributed by atoms with van der Waals surface area (Å²) < 4.78 is 75.1. The number of ether oxygens (including phenoxy) is 2. The molecule has 1 unspecified atom stereocenters. The topological polar surface area (TPSA) is 105 Å². The minimum Gasteiger partial charge on any atom is -0.310 e. The third-order valence-electron chi connectivity index (χ3n) is 6.69. The van der Waals surface area contributed by atoms with Crippen LogP contribution in [0.25, 0.3) is 0 Å². The number of rotatable bonds is 14. The Morgan fingerprint density at radius 3 is 1.09 bits per heavy atom. The van der Waals surface area contributed by atoms with Gasteiger partial charge in [0, 0.05) is 20.2 Å². The summed E-state index contributed by atoms with van der Waals surface area (Å²) in [6, 6.07) is 44.2. The first kappa shape index (κ1) is 57.2. The molecule has 0 bridgehead atoms. The van der Waals surface area contributed by atoms with Gasteiger partial charge < -0.3 is 29.8 Å². The molecule has 0 spiro atoms. The summed E-state index contributed by atoms with van der Waals surface area (Å²) in [6.45, 7) is 4.09. The average Bonchev–Trinajstić information content (AvgIpc) is 3.22. The fraction of sp³-hybridized carbons (Fsp3) is 0.297. The number of halogens is 10. The van der Waals surface area contributed by atoms with Crippen molar-refractivity contribution in [3.8, 4) is 0 Å². The van der Waals surface area contributed by atoms with Gasteiger partial charge in [-0.2, -0.15) is 26.3 Å². The van der Waals surface area contributed by atoms with Crippen LogP contribution in [0.1, 0.15) is 0 Å². The van der Waals surface area contributed by atoms with Gasteiger partial charge in [0.25, 0.3) is 0 Å². The van der Waals surface area contributed by atoms with Gasteiger partial charge in [0.1, 0.15) is 6.61 Å². The zero-order valence-electron chi connectivity index (χ0n) is 30.4. The maximum absolute atomic E-state index is 11.5. The van der Waals surface area contributed by atoms with Crippen LogP contribution in [0.15, 0.2) is 121 Å². The van der Waals surface area contributed by atoms with Crippen LogP contribution < -0.4 is 26.5 Å². The van der Waals surface area contributed by atoms with E-state index in [0.29, 0.717) is 0 Å². The second kappa shape index (κ2) is 32.9. The molecule has 57 heavy (non-hydrogen) atoms. The van der Waals surface area contributed by atoms with Gasteiger partial charge in [-0.15, -0.1) is 0 Å². The summed E-state index contributed by atoms with van der Waals surface area (Å²) in [7, 11) is 4.86. The average molecular weight is 1020 g/mol. The molecule has 4 rings (SSSR count). The maximum Gasteiger partial charge on any atom is 0.0967 e. The monoisotopic (exact) mass is 1020 g/mol. The smallest absolute Gasteiger partial charge is 0.0967 e. The number of aliphatic hydroxyl groups is 2. The molecule has 0 fully saturated rings. The van der Waals surface area contributed by atoms with Crippen molar-refractivity contribution < 1.29 is 72.9 Å². The van der Waals surface area contributed by atoms with Crippen molar-refractivity contribution in [2.75, 3.05) is 46.2 Å². The molecule has 20 heteroatoms. The standard InChI is InChI=1S/C28H29NP2.C3H5ClF2O2.C3H3ClF2O2.C2H3ClF2O.CHO.ClH.Ru.H/c1-5-13-25(14-6-1)30(26-15-7-2-8-16-26)23-21-29-22-24-31(27-17-9-3-10-18-27)28-19-11-4-12-20-28;2*1-8-2(7)3(4,5)6;3-2(4,5)1-6;1-2;;;/h1-20,29H,21-24H2;2,7H,1H3;1H3;6H,1H2;1H;1H;;/q;;;;-1;;+3;/p+1. The Labute approximate surface area is 360 Å². The van der Waals surface area contributed by atoms with E-state index in [0.717, 1.165) is 27.3 Å². The number of aliphatic hydroxyl groups excluding tert-OH is 2. The van der Waals surface area contributed by atoms with Crippen molar-refractivity contribution in [3.05, 3.63) is 121 Å². The number of carbonyl (C=O) groups excluding carboxylic acids is 2. The van der Waals surface area contributed by atoms with Crippen molar-refractivity contribution in [2.45, 2.75) is 22.4 Å². The Bertz CT molecular complexity index is 1400. The van der Waals surface area contributed by atoms with E-state index >= 15 is 0 Å². The number of alkyl halides is 9. The van der Waals surface area contributed by atoms with Crippen LogP contribution in [0.5, 0.6) is 0 Å². The Balaban J connectivity index is 0. The Kier molecular flexibility index (Phi) is 33.0. The van der Waals surface area contributed by atoms with Crippen LogP contribution >= 0.6 is 60.3 Å². The molecule has 3 N–H and O–H groups in total. The zero-order chi connectivity index (χ0) is 43.9. The molecule has 0 aliphatic rings. The molecule has 0 aromatic heterocycles. The number of hydrogen-bond acceptors (Lipinski definition) is 7. The third-order valence-corrected chi connectivity index (χ3v) is 12.8. The van der Waals surface area contributed by atoms with E-state index in [2.05, 4.69) is 187 Å². The van der Waals surface area contributed by atoms with Crippen LogP contribution in [0.4, 0.5) is 26.3 Å². The van der Waals surface area contributed by atoms with Crippen molar-refractivity contribution in [1.82, 2.24) is 5.32 Å². The molecule has 4 aromatic rings. The summed E-state index contributed by atoms with van der Waals surface area (Å²) >= 11 is 14.2. The molecular weight excluding hydrogens is 973 g/mol. The summed E-state index contributed by atoms with van der Waals surface area (Å²) in [4.78, 5) is 17.5. The molecule has 4 aromatic carbocycles. The number of carbonyl (C=O) groups is 1. The van der Waals surface area contributed by atoms with Crippen molar-refractivity contribution in [2.24, 2.45) is 0 Å². The van der Waals surface area contributed by atoms with E-state index in [1.807, 2.05) is 0 Å². The predicted octanol–water partition coefficient (Wildman–Crippen LogP) is 7.04. The van der Waals surface area contributed by atoms with E-state index in [4.69, 9.17) is 15.0 Å². The molecule has 0 radical (unpaired) electrons. The molecule has 0 saturated heterocycles. The van der Waals surface area contributed by atoms with Gasteiger partial charge in [-0.3, -0.25) is 6.79 Å². The first-order valence-corrected chi connectivity index (χ1v) is 23.0. The fourth-order valence-electron chi connectivity index (χ4n) is 4.27. The largest absolute Gasteiger partial charge is 0.310 e. The Morgan fingerprint density at radius 2 is 0.947 bits per heavy atom. The van der Waals surface area contributed by atoms with E-state index in [9.17, 15) is 31.1 Å². The van der Waals surface area contributed by atoms with E-state index in [-0.39, 0.29) is 0 Å². The summed E-state index contributed by atoms with van der Waals surface area (Å²) in [5, 5.41) is 14.4. The van der Waals surface area contributed by atoms with Crippen molar-refractivity contribution >= 4 is 94.3 Å². The zero-order valence-corrected chi connectivity index (χ0v) is 37.3. The molecule has 0 aliphatic carbocycles. The number of methoxy groups -OCH3 is 2. The van der Waals surface area contributed by atoms with E-state index in [1.54, 1.807) is 17.3 Å². The van der Waals surface area contributed by atoms with Gasteiger partial charge >= 0.3 is 49.1 Å². The minimum atomic E-state index is -3.88. The molecule has 0 amide bonds. The normalized spacial score (nSPS) is 11.3. The quantitative estimate of drug-likeness (QED) is 0.0144.